The molecule has 0 bridgehead atoms. The van der Waals surface area contributed by atoms with Gasteiger partial charge in [-0.1, -0.05) is 18.2 Å². The summed E-state index contributed by atoms with van der Waals surface area (Å²) >= 11 is 2.07. The minimum absolute atomic E-state index is 0.738. The van der Waals surface area contributed by atoms with Crippen LogP contribution in [0.3, 0.4) is 0 Å². The highest BCUT2D eigenvalue weighted by Gasteiger charge is 2.27. The predicted octanol–water partition coefficient (Wildman–Crippen LogP) is 4.28. The third-order valence-corrected chi connectivity index (χ3v) is 6.49. The first-order valence-corrected chi connectivity index (χ1v) is 9.64. The van der Waals surface area contributed by atoms with Gasteiger partial charge in [0, 0.05) is 28.6 Å². The van der Waals surface area contributed by atoms with Gasteiger partial charge in [-0.3, -0.25) is 4.90 Å². The first-order valence-electron chi connectivity index (χ1n) is 8.76. The topological polar surface area (TPSA) is 21.1 Å². The van der Waals surface area contributed by atoms with E-state index in [-0.39, 0.29) is 0 Å². The minimum Gasteiger partial charge on any atom is -0.331 e. The molecule has 1 aliphatic carbocycles. The van der Waals surface area contributed by atoms with E-state index in [1.807, 2.05) is 6.20 Å². The van der Waals surface area contributed by atoms with Crippen LogP contribution in [0.1, 0.15) is 43.1 Å². The second-order valence-electron chi connectivity index (χ2n) is 6.84. The molecule has 23 heavy (non-hydrogen) atoms. The molecule has 0 N–H and O–H groups in total. The maximum atomic E-state index is 4.59. The van der Waals surface area contributed by atoms with Crippen LogP contribution in [0, 0.1) is 6.92 Å². The zero-order valence-corrected chi connectivity index (χ0v) is 14.6. The Morgan fingerprint density at radius 1 is 1.13 bits per heavy atom. The smallest absolute Gasteiger partial charge is 0.123 e. The summed E-state index contributed by atoms with van der Waals surface area (Å²) < 4.78 is 2.40. The van der Waals surface area contributed by atoms with E-state index in [0.717, 1.165) is 17.8 Å². The molecule has 0 unspecified atom stereocenters. The fraction of sp³-hybridized carbons (Fsp3) is 0.526. The maximum Gasteiger partial charge on any atom is 0.123 e. The van der Waals surface area contributed by atoms with Gasteiger partial charge in [0.1, 0.15) is 5.82 Å². The number of benzene rings is 1. The number of rotatable bonds is 5. The average molecular weight is 327 g/mol. The number of thioether (sulfide) groups is 1. The van der Waals surface area contributed by atoms with Crippen molar-refractivity contribution in [1.29, 1.82) is 0 Å². The van der Waals surface area contributed by atoms with Crippen molar-refractivity contribution in [3.8, 4) is 0 Å². The molecule has 1 saturated heterocycles. The molecule has 2 aromatic rings. The second kappa shape index (κ2) is 6.70. The number of piperidine rings is 1. The summed E-state index contributed by atoms with van der Waals surface area (Å²) in [5.41, 5.74) is 1.41. The Bertz CT molecular complexity index is 654. The van der Waals surface area contributed by atoms with Gasteiger partial charge >= 0.3 is 0 Å². The standard InChI is InChI=1S/C19H25N3S/c1-15-4-2-3-5-18(15)23-17-8-11-21(12-9-17)14-19-20-10-13-22(19)16-6-7-16/h2-5,10,13,16-17H,6-9,11-12,14H2,1H3. The summed E-state index contributed by atoms with van der Waals surface area (Å²) in [6.07, 6.45) is 9.35. The van der Waals surface area contributed by atoms with Crippen molar-refractivity contribution in [3.05, 3.63) is 48.0 Å². The number of aromatic nitrogens is 2. The van der Waals surface area contributed by atoms with Crippen LogP contribution < -0.4 is 0 Å². The van der Waals surface area contributed by atoms with E-state index in [2.05, 4.69) is 63.6 Å². The molecule has 0 spiro atoms. The lowest BCUT2D eigenvalue weighted by atomic mass is 10.1. The highest BCUT2D eigenvalue weighted by molar-refractivity contribution is 8.00. The molecular weight excluding hydrogens is 302 g/mol. The third-order valence-electron chi connectivity index (χ3n) is 4.98. The van der Waals surface area contributed by atoms with Gasteiger partial charge in [0.2, 0.25) is 0 Å². The quantitative estimate of drug-likeness (QED) is 0.818. The van der Waals surface area contributed by atoms with Crippen LogP contribution in [0.2, 0.25) is 0 Å². The maximum absolute atomic E-state index is 4.59. The van der Waals surface area contributed by atoms with Crippen molar-refractivity contribution in [3.63, 3.8) is 0 Å². The second-order valence-corrected chi connectivity index (χ2v) is 8.18. The fourth-order valence-electron chi connectivity index (χ4n) is 3.40. The molecular formula is C19H25N3S. The van der Waals surface area contributed by atoms with Crippen molar-refractivity contribution in [2.75, 3.05) is 13.1 Å². The first kappa shape index (κ1) is 15.3. The van der Waals surface area contributed by atoms with Crippen LogP contribution in [0.4, 0.5) is 0 Å². The van der Waals surface area contributed by atoms with Gasteiger partial charge < -0.3 is 4.57 Å². The SMILES string of the molecule is Cc1ccccc1SC1CCN(Cc2nccn2C2CC2)CC1. The van der Waals surface area contributed by atoms with Crippen LogP contribution in [0.25, 0.3) is 0 Å². The Morgan fingerprint density at radius 3 is 2.65 bits per heavy atom. The Hall–Kier alpha value is -1.26. The lowest BCUT2D eigenvalue weighted by molar-refractivity contribution is 0.217. The number of hydrogen-bond donors (Lipinski definition) is 0. The summed E-state index contributed by atoms with van der Waals surface area (Å²) in [5.74, 6) is 1.26. The lowest BCUT2D eigenvalue weighted by Gasteiger charge is -2.31. The van der Waals surface area contributed by atoms with Crippen LogP contribution in [-0.4, -0.2) is 32.8 Å². The molecule has 1 aliphatic heterocycles. The van der Waals surface area contributed by atoms with E-state index in [9.17, 15) is 0 Å². The van der Waals surface area contributed by atoms with Crippen LogP contribution in [-0.2, 0) is 6.54 Å². The highest BCUT2D eigenvalue weighted by Crippen LogP contribution is 2.36. The summed E-state index contributed by atoms with van der Waals surface area (Å²) in [4.78, 5) is 8.62. The van der Waals surface area contributed by atoms with Gasteiger partial charge in [0.05, 0.1) is 6.54 Å². The number of nitrogens with zero attached hydrogens (tertiary/aromatic N) is 3. The zero-order valence-electron chi connectivity index (χ0n) is 13.8. The van der Waals surface area contributed by atoms with Crippen molar-refractivity contribution >= 4 is 11.8 Å². The van der Waals surface area contributed by atoms with Crippen molar-refractivity contribution in [2.45, 2.75) is 55.3 Å². The first-order chi connectivity index (χ1) is 11.3. The van der Waals surface area contributed by atoms with Crippen molar-refractivity contribution < 1.29 is 0 Å². The summed E-state index contributed by atoms with van der Waals surface area (Å²) in [6.45, 7) is 5.63. The summed E-state index contributed by atoms with van der Waals surface area (Å²) in [7, 11) is 0. The Morgan fingerprint density at radius 2 is 1.91 bits per heavy atom. The van der Waals surface area contributed by atoms with Gasteiger partial charge in [0.25, 0.3) is 0 Å². The van der Waals surface area contributed by atoms with Gasteiger partial charge in [0.15, 0.2) is 0 Å². The van der Waals surface area contributed by atoms with E-state index < -0.39 is 0 Å². The van der Waals surface area contributed by atoms with Crippen molar-refractivity contribution in [1.82, 2.24) is 14.5 Å². The Labute approximate surface area is 143 Å². The van der Waals surface area contributed by atoms with E-state index in [1.165, 1.54) is 55.1 Å². The van der Waals surface area contributed by atoms with E-state index in [4.69, 9.17) is 0 Å². The Balaban J connectivity index is 1.31. The number of aryl methyl sites for hydroxylation is 1. The summed E-state index contributed by atoms with van der Waals surface area (Å²) in [6, 6.07) is 9.50. The third kappa shape index (κ3) is 3.64. The van der Waals surface area contributed by atoms with E-state index >= 15 is 0 Å². The molecule has 2 heterocycles. The van der Waals surface area contributed by atoms with Crippen LogP contribution in [0.5, 0.6) is 0 Å². The number of imidazole rings is 1. The lowest BCUT2D eigenvalue weighted by Crippen LogP contribution is -2.35. The molecule has 3 nitrogen and oxygen atoms in total. The molecule has 1 aromatic heterocycles. The van der Waals surface area contributed by atoms with E-state index in [0.29, 0.717) is 0 Å². The normalized spacial score (nSPS) is 20.0. The largest absolute Gasteiger partial charge is 0.331 e. The van der Waals surface area contributed by atoms with Gasteiger partial charge in [-0.15, -0.1) is 11.8 Å². The summed E-state index contributed by atoms with van der Waals surface area (Å²) in [5, 5.41) is 0.760. The minimum atomic E-state index is 0.738. The molecule has 4 heteroatoms. The highest BCUT2D eigenvalue weighted by atomic mass is 32.2. The zero-order chi connectivity index (χ0) is 15.6. The molecule has 2 aliphatic rings. The van der Waals surface area contributed by atoms with Crippen LogP contribution in [0.15, 0.2) is 41.6 Å². The van der Waals surface area contributed by atoms with E-state index in [1.54, 1.807) is 0 Å². The molecule has 1 aromatic carbocycles. The molecule has 122 valence electrons. The molecule has 1 saturated carbocycles. The number of likely N-dealkylation sites (tertiary alicyclic amines) is 1. The molecule has 0 atom stereocenters. The van der Waals surface area contributed by atoms with Gasteiger partial charge in [-0.25, -0.2) is 4.98 Å². The predicted molar refractivity (Wildman–Crippen MR) is 95.8 cm³/mol. The fourth-order valence-corrected chi connectivity index (χ4v) is 4.62. The molecule has 2 fully saturated rings. The van der Waals surface area contributed by atoms with Gasteiger partial charge in [-0.05, 0) is 57.3 Å². The van der Waals surface area contributed by atoms with Gasteiger partial charge in [-0.2, -0.15) is 0 Å². The van der Waals surface area contributed by atoms with Crippen LogP contribution >= 0.6 is 11.8 Å². The molecule has 0 amide bonds. The number of hydrogen-bond acceptors (Lipinski definition) is 3. The molecule has 4 rings (SSSR count). The van der Waals surface area contributed by atoms with Crippen molar-refractivity contribution in [2.24, 2.45) is 0 Å². The Kier molecular flexibility index (Phi) is 4.45. The molecule has 0 radical (unpaired) electrons. The monoisotopic (exact) mass is 327 g/mol. The average Bonchev–Trinajstić information content (AvgIpc) is 3.31.